The first-order valence-corrected chi connectivity index (χ1v) is 7.52. The van der Waals surface area contributed by atoms with Crippen molar-refractivity contribution in [3.05, 3.63) is 66.1 Å². The molecule has 0 unspecified atom stereocenters. The molecular formula is C17H19N6O+. The zero-order chi connectivity index (χ0) is 16.9. The summed E-state index contributed by atoms with van der Waals surface area (Å²) in [5.74, 6) is 0.471. The van der Waals surface area contributed by atoms with E-state index in [0.29, 0.717) is 23.7 Å². The van der Waals surface area contributed by atoms with Gasteiger partial charge in [0.1, 0.15) is 18.6 Å². The third kappa shape index (κ3) is 3.64. The molecule has 0 atom stereocenters. The number of nitrogens with zero attached hydrogens (tertiary/aromatic N) is 5. The number of hydrogen-bond donors (Lipinski definition) is 2. The minimum absolute atomic E-state index is 0.00859. The first kappa shape index (κ1) is 15.8. The smallest absolute Gasteiger partial charge is 0.168 e. The molecule has 3 N–H and O–H groups in total. The van der Waals surface area contributed by atoms with Gasteiger partial charge in [0.15, 0.2) is 12.4 Å². The van der Waals surface area contributed by atoms with Crippen LogP contribution in [0.25, 0.3) is 0 Å². The van der Waals surface area contributed by atoms with Gasteiger partial charge in [0.05, 0.1) is 25.0 Å². The quantitative estimate of drug-likeness (QED) is 0.557. The molecule has 0 aliphatic carbocycles. The van der Waals surface area contributed by atoms with Gasteiger partial charge in [-0.25, -0.2) is 9.25 Å². The summed E-state index contributed by atoms with van der Waals surface area (Å²) in [5, 5.41) is 21.6. The maximum absolute atomic E-state index is 9.03. The molecule has 1 aromatic carbocycles. The molecule has 7 nitrogen and oxygen atoms in total. The van der Waals surface area contributed by atoms with Crippen molar-refractivity contribution in [2.24, 2.45) is 17.3 Å². The maximum atomic E-state index is 9.03. The highest BCUT2D eigenvalue weighted by atomic mass is 16.3. The van der Waals surface area contributed by atoms with Gasteiger partial charge < -0.3 is 10.8 Å². The standard InChI is InChI=1S/C17H19N6O/c1-22-8-6-13(7-9-22)11-23-17(18)16(10-19-23)21-20-15-4-2-14(12-24)3-5-15/h2-10,24H,11-12,18H2,1H3/q+1. The maximum Gasteiger partial charge on any atom is 0.168 e. The second-order valence-electron chi connectivity index (χ2n) is 5.47. The number of rotatable bonds is 5. The van der Waals surface area contributed by atoms with Crippen molar-refractivity contribution < 1.29 is 9.67 Å². The fourth-order valence-corrected chi connectivity index (χ4v) is 2.18. The number of pyridine rings is 1. The van der Waals surface area contributed by atoms with Crippen LogP contribution in [0.5, 0.6) is 0 Å². The van der Waals surface area contributed by atoms with E-state index in [1.165, 1.54) is 0 Å². The number of aliphatic hydroxyl groups is 1. The summed E-state index contributed by atoms with van der Waals surface area (Å²) in [7, 11) is 1.97. The van der Waals surface area contributed by atoms with Gasteiger partial charge in [0, 0.05) is 12.1 Å². The lowest BCUT2D eigenvalue weighted by atomic mass is 10.2. The minimum Gasteiger partial charge on any atom is -0.392 e. The molecule has 0 bridgehead atoms. The largest absolute Gasteiger partial charge is 0.392 e. The lowest BCUT2D eigenvalue weighted by Crippen LogP contribution is -2.26. The predicted molar refractivity (Wildman–Crippen MR) is 89.9 cm³/mol. The Labute approximate surface area is 139 Å². The predicted octanol–water partition coefficient (Wildman–Crippen LogP) is 2.25. The summed E-state index contributed by atoms with van der Waals surface area (Å²) in [6.07, 6.45) is 5.56. The topological polar surface area (TPSA) is 92.7 Å². The molecule has 0 amide bonds. The van der Waals surface area contributed by atoms with Crippen molar-refractivity contribution in [2.45, 2.75) is 13.2 Å². The monoisotopic (exact) mass is 323 g/mol. The van der Waals surface area contributed by atoms with Crippen LogP contribution in [0, 0.1) is 0 Å². The van der Waals surface area contributed by atoms with Crippen molar-refractivity contribution in [2.75, 3.05) is 5.73 Å². The highest BCUT2D eigenvalue weighted by Crippen LogP contribution is 2.24. The Hall–Kier alpha value is -3.06. The van der Waals surface area contributed by atoms with Gasteiger partial charge in [-0.1, -0.05) is 12.1 Å². The van der Waals surface area contributed by atoms with Gasteiger partial charge in [-0.05, 0) is 23.3 Å². The molecule has 2 heterocycles. The van der Waals surface area contributed by atoms with Crippen LogP contribution in [-0.4, -0.2) is 14.9 Å². The van der Waals surface area contributed by atoms with Gasteiger partial charge in [0.25, 0.3) is 0 Å². The second-order valence-corrected chi connectivity index (χ2v) is 5.47. The molecule has 0 aliphatic rings. The summed E-state index contributed by atoms with van der Waals surface area (Å²) < 4.78 is 3.66. The Morgan fingerprint density at radius 3 is 2.46 bits per heavy atom. The molecular weight excluding hydrogens is 304 g/mol. The minimum atomic E-state index is 0.00859. The summed E-state index contributed by atoms with van der Waals surface area (Å²) in [5.41, 5.74) is 9.25. The highest BCUT2D eigenvalue weighted by molar-refractivity contribution is 5.56. The Balaban J connectivity index is 1.74. The van der Waals surface area contributed by atoms with Crippen LogP contribution in [0.15, 0.2) is 65.2 Å². The fraction of sp³-hybridized carbons (Fsp3) is 0.176. The third-order valence-electron chi connectivity index (χ3n) is 3.63. The van der Waals surface area contributed by atoms with Gasteiger partial charge in [-0.15, -0.1) is 5.11 Å². The molecule has 7 heteroatoms. The zero-order valence-corrected chi connectivity index (χ0v) is 13.4. The lowest BCUT2D eigenvalue weighted by molar-refractivity contribution is -0.671. The van der Waals surface area contributed by atoms with Crippen LogP contribution in [-0.2, 0) is 20.2 Å². The van der Waals surface area contributed by atoms with E-state index in [-0.39, 0.29) is 6.61 Å². The molecule has 2 aromatic heterocycles. The summed E-state index contributed by atoms with van der Waals surface area (Å²) in [6.45, 7) is 0.585. The van der Waals surface area contributed by atoms with E-state index in [9.17, 15) is 0 Å². The van der Waals surface area contributed by atoms with Crippen LogP contribution in [0.3, 0.4) is 0 Å². The molecule has 0 saturated carbocycles. The normalized spacial score (nSPS) is 11.2. The number of azo groups is 1. The van der Waals surface area contributed by atoms with Crippen LogP contribution in [0.1, 0.15) is 11.1 Å². The van der Waals surface area contributed by atoms with Gasteiger partial charge in [0.2, 0.25) is 0 Å². The Morgan fingerprint density at radius 1 is 1.08 bits per heavy atom. The van der Waals surface area contributed by atoms with Crippen molar-refractivity contribution in [3.63, 3.8) is 0 Å². The van der Waals surface area contributed by atoms with Gasteiger partial charge in [-0.2, -0.15) is 10.2 Å². The Bertz CT molecular complexity index is 837. The molecule has 0 spiro atoms. The van der Waals surface area contributed by atoms with E-state index in [0.717, 1.165) is 11.1 Å². The molecule has 3 rings (SSSR count). The molecule has 0 aliphatic heterocycles. The number of benzene rings is 1. The van der Waals surface area contributed by atoms with E-state index in [4.69, 9.17) is 10.8 Å². The number of hydrogen-bond acceptors (Lipinski definition) is 5. The second kappa shape index (κ2) is 7.01. The Kier molecular flexibility index (Phi) is 4.62. The van der Waals surface area contributed by atoms with Gasteiger partial charge >= 0.3 is 0 Å². The van der Waals surface area contributed by atoms with Crippen molar-refractivity contribution in [3.8, 4) is 0 Å². The third-order valence-corrected chi connectivity index (χ3v) is 3.63. The first-order valence-electron chi connectivity index (χ1n) is 7.52. The van der Waals surface area contributed by atoms with Crippen LogP contribution < -0.4 is 10.3 Å². The average Bonchev–Trinajstić information content (AvgIpc) is 2.95. The molecule has 0 saturated heterocycles. The lowest BCUT2D eigenvalue weighted by Gasteiger charge is -2.03. The van der Waals surface area contributed by atoms with Crippen LogP contribution in [0.2, 0.25) is 0 Å². The molecule has 0 fully saturated rings. The van der Waals surface area contributed by atoms with Crippen molar-refractivity contribution in [1.29, 1.82) is 0 Å². The summed E-state index contributed by atoms with van der Waals surface area (Å²) in [6, 6.07) is 11.2. The van der Waals surface area contributed by atoms with Crippen molar-refractivity contribution in [1.82, 2.24) is 9.78 Å². The number of aliphatic hydroxyl groups excluding tert-OH is 1. The van der Waals surface area contributed by atoms with Gasteiger partial charge in [-0.3, -0.25) is 0 Å². The van der Waals surface area contributed by atoms with Crippen molar-refractivity contribution >= 4 is 17.2 Å². The average molecular weight is 323 g/mol. The van der Waals surface area contributed by atoms with Crippen LogP contribution >= 0.6 is 0 Å². The first-order chi connectivity index (χ1) is 11.7. The SMILES string of the molecule is C[n+]1ccc(Cn2ncc(N=Nc3ccc(CO)cc3)c2N)cc1. The highest BCUT2D eigenvalue weighted by Gasteiger charge is 2.08. The van der Waals surface area contributed by atoms with E-state index in [1.807, 2.05) is 36.1 Å². The number of nitrogens with two attached hydrogens (primary N) is 1. The molecule has 0 radical (unpaired) electrons. The summed E-state index contributed by atoms with van der Waals surface area (Å²) >= 11 is 0. The van der Waals surface area contributed by atoms with E-state index < -0.39 is 0 Å². The molecule has 24 heavy (non-hydrogen) atoms. The fourth-order valence-electron chi connectivity index (χ4n) is 2.18. The number of aryl methyl sites for hydroxylation is 1. The van der Waals surface area contributed by atoms with E-state index in [1.54, 1.807) is 35.1 Å². The summed E-state index contributed by atoms with van der Waals surface area (Å²) in [4.78, 5) is 0. The Morgan fingerprint density at radius 2 is 1.79 bits per heavy atom. The number of anilines is 1. The zero-order valence-electron chi connectivity index (χ0n) is 13.4. The molecule has 3 aromatic rings. The van der Waals surface area contributed by atoms with E-state index >= 15 is 0 Å². The molecule has 122 valence electrons. The number of nitrogen functional groups attached to an aromatic ring is 1. The number of aromatic nitrogens is 3. The van der Waals surface area contributed by atoms with E-state index in [2.05, 4.69) is 15.3 Å². The van der Waals surface area contributed by atoms with Crippen LogP contribution in [0.4, 0.5) is 17.2 Å².